The smallest absolute Gasteiger partial charge is 0.144 e. The molecule has 0 spiro atoms. The molecule has 4 aromatic rings. The van der Waals surface area contributed by atoms with E-state index >= 15 is 0 Å². The molecule has 124 valence electrons. The van der Waals surface area contributed by atoms with Crippen molar-refractivity contribution in [1.82, 2.24) is 9.55 Å². The molecule has 0 amide bonds. The second-order valence-corrected chi connectivity index (χ2v) is 6.23. The first-order valence-corrected chi connectivity index (χ1v) is 8.50. The quantitative estimate of drug-likeness (QED) is 0.588. The summed E-state index contributed by atoms with van der Waals surface area (Å²) in [5.74, 6) is 0.670. The van der Waals surface area contributed by atoms with Gasteiger partial charge in [0, 0.05) is 0 Å². The number of imidazole rings is 1. The van der Waals surface area contributed by atoms with Crippen LogP contribution in [0, 0.1) is 0 Å². The van der Waals surface area contributed by atoms with Crippen LogP contribution in [0.15, 0.2) is 84.9 Å². The first kappa shape index (κ1) is 15.6. The number of aromatic nitrogens is 2. The third kappa shape index (κ3) is 2.83. The summed E-state index contributed by atoms with van der Waals surface area (Å²) in [5.41, 5.74) is 3.96. The fraction of sp³-hybridized carbons (Fsp3) is 0.136. The molecular formula is C22H20N2O. The normalized spacial score (nSPS) is 13.7. The van der Waals surface area contributed by atoms with Crippen molar-refractivity contribution in [3.8, 4) is 0 Å². The topological polar surface area (TPSA) is 38.0 Å². The lowest BCUT2D eigenvalue weighted by Gasteiger charge is -2.21. The molecule has 0 aliphatic rings. The Morgan fingerprint density at radius 3 is 2.00 bits per heavy atom. The third-order valence-electron chi connectivity index (χ3n) is 4.65. The van der Waals surface area contributed by atoms with Crippen LogP contribution in [-0.2, 0) is 0 Å². The van der Waals surface area contributed by atoms with Crippen LogP contribution in [0.5, 0.6) is 0 Å². The number of hydrogen-bond acceptors (Lipinski definition) is 2. The van der Waals surface area contributed by atoms with Gasteiger partial charge in [-0.15, -0.1) is 0 Å². The standard InChI is InChI=1S/C22H20N2O/c1-16(17-10-4-2-5-11-17)24-20-15-9-8-14-19(20)23-22(24)21(25)18-12-6-3-7-13-18/h2-16,21,25H,1H3/t16-,21-/m0/s1. The summed E-state index contributed by atoms with van der Waals surface area (Å²) in [6, 6.07) is 28.1. The monoisotopic (exact) mass is 328 g/mol. The van der Waals surface area contributed by atoms with Crippen LogP contribution < -0.4 is 0 Å². The average Bonchev–Trinajstić information content (AvgIpc) is 3.07. The predicted molar refractivity (Wildman–Crippen MR) is 100 cm³/mol. The van der Waals surface area contributed by atoms with Gasteiger partial charge in [-0.05, 0) is 30.2 Å². The van der Waals surface area contributed by atoms with Crippen molar-refractivity contribution >= 4 is 11.0 Å². The minimum absolute atomic E-state index is 0.0713. The van der Waals surface area contributed by atoms with E-state index in [2.05, 4.69) is 29.7 Å². The highest BCUT2D eigenvalue weighted by Crippen LogP contribution is 2.31. The van der Waals surface area contributed by atoms with Crippen LogP contribution in [-0.4, -0.2) is 14.7 Å². The average molecular weight is 328 g/mol. The fourth-order valence-electron chi connectivity index (χ4n) is 3.33. The van der Waals surface area contributed by atoms with Crippen molar-refractivity contribution in [2.75, 3.05) is 0 Å². The van der Waals surface area contributed by atoms with E-state index in [1.54, 1.807) is 0 Å². The second-order valence-electron chi connectivity index (χ2n) is 6.23. The number of benzene rings is 3. The molecule has 0 radical (unpaired) electrons. The number of aliphatic hydroxyl groups is 1. The molecule has 0 saturated carbocycles. The lowest BCUT2D eigenvalue weighted by Crippen LogP contribution is -2.14. The van der Waals surface area contributed by atoms with Gasteiger partial charge in [0.15, 0.2) is 0 Å². The largest absolute Gasteiger partial charge is 0.380 e. The van der Waals surface area contributed by atoms with Gasteiger partial charge in [-0.3, -0.25) is 0 Å². The van der Waals surface area contributed by atoms with E-state index in [1.807, 2.05) is 66.7 Å². The molecule has 4 rings (SSSR count). The SMILES string of the molecule is C[C@@H](c1ccccc1)n1c([C@@H](O)c2ccccc2)nc2ccccc21. The van der Waals surface area contributed by atoms with Gasteiger partial charge in [0.2, 0.25) is 0 Å². The molecule has 0 aliphatic carbocycles. The van der Waals surface area contributed by atoms with Gasteiger partial charge in [-0.2, -0.15) is 0 Å². The maximum atomic E-state index is 11.0. The van der Waals surface area contributed by atoms with E-state index in [9.17, 15) is 5.11 Å². The van der Waals surface area contributed by atoms with Crippen molar-refractivity contribution in [1.29, 1.82) is 0 Å². The van der Waals surface area contributed by atoms with Crippen LogP contribution in [0.1, 0.15) is 36.0 Å². The molecule has 2 atom stereocenters. The minimum atomic E-state index is -0.764. The van der Waals surface area contributed by atoms with E-state index in [1.165, 1.54) is 5.56 Å². The maximum Gasteiger partial charge on any atom is 0.144 e. The number of nitrogens with zero attached hydrogens (tertiary/aromatic N) is 2. The Morgan fingerprint density at radius 2 is 1.32 bits per heavy atom. The zero-order valence-corrected chi connectivity index (χ0v) is 14.1. The predicted octanol–water partition coefficient (Wildman–Crippen LogP) is 4.73. The van der Waals surface area contributed by atoms with Crippen LogP contribution in [0.3, 0.4) is 0 Å². The van der Waals surface area contributed by atoms with Crippen LogP contribution in [0.25, 0.3) is 11.0 Å². The van der Waals surface area contributed by atoms with Gasteiger partial charge in [-0.25, -0.2) is 4.98 Å². The van der Waals surface area contributed by atoms with Crippen LogP contribution >= 0.6 is 0 Å². The lowest BCUT2D eigenvalue weighted by atomic mass is 10.1. The summed E-state index contributed by atoms with van der Waals surface area (Å²) in [7, 11) is 0. The molecule has 1 heterocycles. The summed E-state index contributed by atoms with van der Waals surface area (Å²) in [6.07, 6.45) is -0.764. The number of hydrogen-bond donors (Lipinski definition) is 1. The zero-order valence-electron chi connectivity index (χ0n) is 14.1. The van der Waals surface area contributed by atoms with E-state index < -0.39 is 6.10 Å². The molecule has 3 aromatic carbocycles. The van der Waals surface area contributed by atoms with Gasteiger partial charge in [0.05, 0.1) is 17.1 Å². The Bertz CT molecular complexity index is 977. The summed E-state index contributed by atoms with van der Waals surface area (Å²) >= 11 is 0. The van der Waals surface area contributed by atoms with Gasteiger partial charge in [0.1, 0.15) is 11.9 Å². The third-order valence-corrected chi connectivity index (χ3v) is 4.65. The first-order chi connectivity index (χ1) is 12.3. The first-order valence-electron chi connectivity index (χ1n) is 8.50. The highest BCUT2D eigenvalue weighted by molar-refractivity contribution is 5.76. The molecule has 1 N–H and O–H groups in total. The maximum absolute atomic E-state index is 11.0. The fourth-order valence-corrected chi connectivity index (χ4v) is 3.33. The summed E-state index contributed by atoms with van der Waals surface area (Å²) in [4.78, 5) is 4.75. The highest BCUT2D eigenvalue weighted by atomic mass is 16.3. The van der Waals surface area contributed by atoms with Gasteiger partial charge < -0.3 is 9.67 Å². The van der Waals surface area contributed by atoms with Crippen molar-refractivity contribution in [2.45, 2.75) is 19.1 Å². The van der Waals surface area contributed by atoms with Gasteiger partial charge >= 0.3 is 0 Å². The number of rotatable bonds is 4. The molecule has 0 fully saturated rings. The Kier molecular flexibility index (Phi) is 4.08. The Balaban J connectivity index is 1.90. The number of fused-ring (bicyclic) bond motifs is 1. The van der Waals surface area contributed by atoms with Crippen molar-refractivity contribution in [3.63, 3.8) is 0 Å². The van der Waals surface area contributed by atoms with Crippen molar-refractivity contribution in [2.24, 2.45) is 0 Å². The summed E-state index contributed by atoms with van der Waals surface area (Å²) in [6.45, 7) is 2.14. The molecular weight excluding hydrogens is 308 g/mol. The van der Waals surface area contributed by atoms with Gasteiger partial charge in [0.25, 0.3) is 0 Å². The van der Waals surface area contributed by atoms with Crippen molar-refractivity contribution < 1.29 is 5.11 Å². The number of para-hydroxylation sites is 2. The lowest BCUT2D eigenvalue weighted by molar-refractivity contribution is 0.204. The molecule has 0 bridgehead atoms. The van der Waals surface area contributed by atoms with E-state index in [4.69, 9.17) is 4.98 Å². The van der Waals surface area contributed by atoms with Crippen molar-refractivity contribution in [3.05, 3.63) is 102 Å². The summed E-state index contributed by atoms with van der Waals surface area (Å²) < 4.78 is 2.14. The Morgan fingerprint density at radius 1 is 0.760 bits per heavy atom. The van der Waals surface area contributed by atoms with E-state index in [0.717, 1.165) is 16.6 Å². The molecule has 3 heteroatoms. The minimum Gasteiger partial charge on any atom is -0.380 e. The molecule has 0 unspecified atom stereocenters. The van der Waals surface area contributed by atoms with Gasteiger partial charge in [-0.1, -0.05) is 72.8 Å². The Hall–Kier alpha value is -2.91. The zero-order chi connectivity index (χ0) is 17.2. The number of aliphatic hydroxyl groups excluding tert-OH is 1. The molecule has 3 nitrogen and oxygen atoms in total. The molecule has 0 aliphatic heterocycles. The Labute approximate surface area is 147 Å². The molecule has 25 heavy (non-hydrogen) atoms. The molecule has 0 saturated heterocycles. The second kappa shape index (κ2) is 6.54. The summed E-state index contributed by atoms with van der Waals surface area (Å²) in [5, 5.41) is 11.0. The highest BCUT2D eigenvalue weighted by Gasteiger charge is 2.23. The molecule has 1 aromatic heterocycles. The van der Waals surface area contributed by atoms with E-state index in [-0.39, 0.29) is 6.04 Å². The van der Waals surface area contributed by atoms with Crippen LogP contribution in [0.2, 0.25) is 0 Å². The van der Waals surface area contributed by atoms with E-state index in [0.29, 0.717) is 5.82 Å². The van der Waals surface area contributed by atoms with Crippen LogP contribution in [0.4, 0.5) is 0 Å².